The van der Waals surface area contributed by atoms with Crippen LogP contribution in [0.25, 0.3) is 0 Å². The highest BCUT2D eigenvalue weighted by Crippen LogP contribution is 2.14. The molecule has 1 aromatic heterocycles. The Kier molecular flexibility index (Phi) is 4.39. The van der Waals surface area contributed by atoms with Gasteiger partial charge in [0.25, 0.3) is 0 Å². The molecule has 1 aliphatic heterocycles. The van der Waals surface area contributed by atoms with Crippen LogP contribution < -0.4 is 5.32 Å². The maximum Gasteiger partial charge on any atom is 0.323 e. The van der Waals surface area contributed by atoms with Crippen LogP contribution >= 0.6 is 0 Å². The van der Waals surface area contributed by atoms with Crippen LogP contribution in [0, 0.1) is 5.92 Å². The minimum Gasteiger partial charge on any atom is -0.480 e. The fraction of sp³-hybridized carbons (Fsp3) is 0.615. The molecule has 3 N–H and O–H groups in total. The Morgan fingerprint density at radius 1 is 1.55 bits per heavy atom. The Hall–Kier alpha value is -1.89. The largest absolute Gasteiger partial charge is 0.480 e. The summed E-state index contributed by atoms with van der Waals surface area (Å²) in [5.41, 5.74) is 1.87. The number of carboxylic acids is 1. The molecule has 0 saturated heterocycles. The number of aromatic amines is 1. The number of nitrogens with zero attached hydrogens (tertiary/aromatic N) is 2. The number of fused-ring (bicyclic) bond motifs is 1. The van der Waals surface area contributed by atoms with Crippen molar-refractivity contribution in [2.45, 2.75) is 32.9 Å². The summed E-state index contributed by atoms with van der Waals surface area (Å²) in [6.07, 6.45) is 2.11. The lowest BCUT2D eigenvalue weighted by Crippen LogP contribution is -2.51. The number of imidazole rings is 1. The van der Waals surface area contributed by atoms with Crippen LogP contribution in [0.5, 0.6) is 0 Å². The summed E-state index contributed by atoms with van der Waals surface area (Å²) in [7, 11) is 0. The second kappa shape index (κ2) is 6.04. The first-order valence-corrected chi connectivity index (χ1v) is 6.72. The minimum atomic E-state index is -0.990. The van der Waals surface area contributed by atoms with Crippen molar-refractivity contribution < 1.29 is 14.7 Å². The van der Waals surface area contributed by atoms with Crippen molar-refractivity contribution in [2.75, 3.05) is 13.1 Å². The third-order valence-electron chi connectivity index (χ3n) is 3.25. The van der Waals surface area contributed by atoms with Crippen LogP contribution in [0.15, 0.2) is 6.33 Å². The summed E-state index contributed by atoms with van der Waals surface area (Å²) >= 11 is 0. The Bertz CT molecular complexity index is 498. The summed E-state index contributed by atoms with van der Waals surface area (Å²) in [4.78, 5) is 32.0. The first-order valence-electron chi connectivity index (χ1n) is 6.72. The number of carboxylic acid groups (broad SMARTS) is 1. The molecule has 2 rings (SSSR count). The number of amides is 1. The topological polar surface area (TPSA) is 98.3 Å². The molecule has 110 valence electrons. The van der Waals surface area contributed by atoms with E-state index in [4.69, 9.17) is 5.11 Å². The number of nitrogens with one attached hydrogen (secondary N) is 2. The Morgan fingerprint density at radius 3 is 2.95 bits per heavy atom. The van der Waals surface area contributed by atoms with Crippen molar-refractivity contribution in [3.05, 3.63) is 17.7 Å². The van der Waals surface area contributed by atoms with E-state index in [-0.39, 0.29) is 18.4 Å². The molecule has 7 heteroatoms. The van der Waals surface area contributed by atoms with Gasteiger partial charge in [-0.3, -0.25) is 14.9 Å². The standard InChI is InChI=1S/C13H20N4O3/c1-8(2)5-17(6-12(18)19)13(20)10-3-9-11(4-14-10)16-7-15-9/h7-8,10,14H,3-6H2,1-2H3,(H,15,16)(H,18,19). The van der Waals surface area contributed by atoms with Gasteiger partial charge in [0.1, 0.15) is 6.54 Å². The first kappa shape index (κ1) is 14.5. The van der Waals surface area contributed by atoms with Gasteiger partial charge in [0.15, 0.2) is 0 Å². The Labute approximate surface area is 117 Å². The van der Waals surface area contributed by atoms with Gasteiger partial charge < -0.3 is 15.0 Å². The van der Waals surface area contributed by atoms with E-state index < -0.39 is 12.0 Å². The Balaban J connectivity index is 2.06. The van der Waals surface area contributed by atoms with Crippen molar-refractivity contribution in [3.8, 4) is 0 Å². The van der Waals surface area contributed by atoms with Crippen molar-refractivity contribution in [1.29, 1.82) is 0 Å². The highest BCUT2D eigenvalue weighted by atomic mass is 16.4. The molecular formula is C13H20N4O3. The zero-order valence-electron chi connectivity index (χ0n) is 11.7. The molecule has 0 spiro atoms. The number of hydrogen-bond acceptors (Lipinski definition) is 4. The van der Waals surface area contributed by atoms with E-state index in [9.17, 15) is 9.59 Å². The monoisotopic (exact) mass is 280 g/mol. The number of H-pyrrole nitrogens is 1. The highest BCUT2D eigenvalue weighted by Gasteiger charge is 2.30. The Morgan fingerprint density at radius 2 is 2.30 bits per heavy atom. The summed E-state index contributed by atoms with van der Waals surface area (Å²) in [5.74, 6) is -0.937. The van der Waals surface area contributed by atoms with Gasteiger partial charge in [0.05, 0.1) is 23.8 Å². The zero-order valence-corrected chi connectivity index (χ0v) is 11.7. The molecule has 0 aromatic carbocycles. The van der Waals surface area contributed by atoms with Crippen LogP contribution in [0.4, 0.5) is 0 Å². The summed E-state index contributed by atoms with van der Waals surface area (Å²) in [5, 5.41) is 12.1. The molecule has 1 amide bonds. The van der Waals surface area contributed by atoms with Crippen LogP contribution in [0.1, 0.15) is 25.2 Å². The smallest absolute Gasteiger partial charge is 0.323 e. The molecule has 0 fully saturated rings. The van der Waals surface area contributed by atoms with E-state index in [2.05, 4.69) is 15.3 Å². The van der Waals surface area contributed by atoms with E-state index in [0.717, 1.165) is 11.4 Å². The third-order valence-corrected chi connectivity index (χ3v) is 3.25. The summed E-state index contributed by atoms with van der Waals surface area (Å²) in [6, 6.07) is -0.399. The molecule has 0 aliphatic carbocycles. The minimum absolute atomic E-state index is 0.172. The van der Waals surface area contributed by atoms with E-state index in [1.807, 2.05) is 13.8 Å². The van der Waals surface area contributed by atoms with E-state index in [1.54, 1.807) is 6.33 Å². The molecule has 1 atom stereocenters. The third kappa shape index (κ3) is 3.36. The van der Waals surface area contributed by atoms with Gasteiger partial charge in [0, 0.05) is 19.5 Å². The van der Waals surface area contributed by atoms with Gasteiger partial charge in [0.2, 0.25) is 5.91 Å². The normalized spacial score (nSPS) is 17.9. The molecule has 20 heavy (non-hydrogen) atoms. The fourth-order valence-corrected chi connectivity index (χ4v) is 2.40. The zero-order chi connectivity index (χ0) is 14.7. The quantitative estimate of drug-likeness (QED) is 0.705. The molecule has 0 bridgehead atoms. The predicted octanol–water partition coefficient (Wildman–Crippen LogP) is -0.00680. The van der Waals surface area contributed by atoms with Gasteiger partial charge in [-0.25, -0.2) is 4.98 Å². The molecule has 0 saturated carbocycles. The van der Waals surface area contributed by atoms with Crippen LogP contribution in [0.2, 0.25) is 0 Å². The maximum absolute atomic E-state index is 12.5. The van der Waals surface area contributed by atoms with Gasteiger partial charge >= 0.3 is 5.97 Å². The molecule has 1 unspecified atom stereocenters. The van der Waals surface area contributed by atoms with Crippen molar-refractivity contribution >= 4 is 11.9 Å². The van der Waals surface area contributed by atoms with Crippen LogP contribution in [-0.2, 0) is 22.6 Å². The van der Waals surface area contributed by atoms with Gasteiger partial charge in [-0.2, -0.15) is 0 Å². The number of aromatic nitrogens is 2. The lowest BCUT2D eigenvalue weighted by molar-refractivity contribution is -0.145. The highest BCUT2D eigenvalue weighted by molar-refractivity contribution is 5.85. The second-order valence-electron chi connectivity index (χ2n) is 5.47. The van der Waals surface area contributed by atoms with E-state index in [1.165, 1.54) is 4.90 Å². The van der Waals surface area contributed by atoms with Crippen molar-refractivity contribution in [2.24, 2.45) is 5.92 Å². The van der Waals surface area contributed by atoms with E-state index >= 15 is 0 Å². The van der Waals surface area contributed by atoms with Gasteiger partial charge in [-0.1, -0.05) is 13.8 Å². The molecule has 1 aromatic rings. The van der Waals surface area contributed by atoms with Gasteiger partial charge in [-0.15, -0.1) is 0 Å². The first-order chi connectivity index (χ1) is 9.47. The molecule has 1 aliphatic rings. The SMILES string of the molecule is CC(C)CN(CC(=O)O)C(=O)C1Cc2nc[nH]c2CN1. The summed E-state index contributed by atoms with van der Waals surface area (Å²) < 4.78 is 0. The lowest BCUT2D eigenvalue weighted by Gasteiger charge is -2.29. The summed E-state index contributed by atoms with van der Waals surface area (Å²) in [6.45, 7) is 4.65. The maximum atomic E-state index is 12.5. The molecule has 0 radical (unpaired) electrons. The van der Waals surface area contributed by atoms with Crippen LogP contribution in [-0.4, -0.2) is 51.0 Å². The lowest BCUT2D eigenvalue weighted by atomic mass is 10.0. The molecule has 7 nitrogen and oxygen atoms in total. The van der Waals surface area contributed by atoms with Gasteiger partial charge in [-0.05, 0) is 5.92 Å². The van der Waals surface area contributed by atoms with Crippen molar-refractivity contribution in [1.82, 2.24) is 20.2 Å². The van der Waals surface area contributed by atoms with Crippen LogP contribution in [0.3, 0.4) is 0 Å². The number of hydrogen-bond donors (Lipinski definition) is 3. The predicted molar refractivity (Wildman–Crippen MR) is 72.0 cm³/mol. The van der Waals surface area contributed by atoms with Crippen molar-refractivity contribution in [3.63, 3.8) is 0 Å². The number of carbonyl (C=O) groups excluding carboxylic acids is 1. The average molecular weight is 280 g/mol. The van der Waals surface area contributed by atoms with E-state index in [0.29, 0.717) is 19.5 Å². The molecular weight excluding hydrogens is 260 g/mol. The number of aliphatic carboxylic acids is 1. The molecule has 2 heterocycles. The number of carbonyl (C=O) groups is 2. The average Bonchev–Trinajstić information content (AvgIpc) is 2.83. The fourth-order valence-electron chi connectivity index (χ4n) is 2.40. The number of rotatable bonds is 5. The second-order valence-corrected chi connectivity index (χ2v) is 5.47.